The van der Waals surface area contributed by atoms with Gasteiger partial charge in [-0.05, 0) is 66.2 Å². The molecule has 0 aliphatic rings. The Bertz CT molecular complexity index is 1250. The molecule has 0 bridgehead atoms. The van der Waals surface area contributed by atoms with Crippen molar-refractivity contribution in [3.05, 3.63) is 101 Å². The van der Waals surface area contributed by atoms with Crippen LogP contribution in [0.4, 0.5) is 5.69 Å². The van der Waals surface area contributed by atoms with Crippen molar-refractivity contribution in [2.75, 3.05) is 11.9 Å². The molecule has 3 rings (SSSR count). The number of halogens is 1. The maximum atomic E-state index is 12.5. The predicted molar refractivity (Wildman–Crippen MR) is 137 cm³/mol. The Morgan fingerprint density at radius 3 is 2.30 bits per heavy atom. The fourth-order valence-corrected chi connectivity index (χ4v) is 4.32. The zero-order valence-corrected chi connectivity index (χ0v) is 19.9. The van der Waals surface area contributed by atoms with E-state index in [-0.39, 0.29) is 10.0 Å². The predicted octanol–water partition coefficient (Wildman–Crippen LogP) is 4.39. The highest BCUT2D eigenvalue weighted by Gasteiger charge is 2.13. The summed E-state index contributed by atoms with van der Waals surface area (Å²) in [6.45, 7) is 0.296. The molecule has 3 aromatic rings. The van der Waals surface area contributed by atoms with Crippen molar-refractivity contribution in [2.24, 2.45) is 0 Å². The van der Waals surface area contributed by atoms with Gasteiger partial charge in [-0.15, -0.1) is 0 Å². The minimum atomic E-state index is -3.63. The molecule has 0 radical (unpaired) electrons. The summed E-state index contributed by atoms with van der Waals surface area (Å²) < 4.78 is 27.6. The number of nitrogens with one attached hydrogen (secondary N) is 3. The van der Waals surface area contributed by atoms with Crippen LogP contribution in [0.3, 0.4) is 0 Å². The number of rotatable bonds is 8. The minimum Gasteiger partial charge on any atom is -0.332 e. The van der Waals surface area contributed by atoms with Crippen LogP contribution in [0, 0.1) is 0 Å². The lowest BCUT2D eigenvalue weighted by Crippen LogP contribution is -2.32. The van der Waals surface area contributed by atoms with E-state index in [2.05, 4.69) is 15.4 Å². The lowest BCUT2D eigenvalue weighted by atomic mass is 10.2. The van der Waals surface area contributed by atoms with Gasteiger partial charge in [-0.3, -0.25) is 10.1 Å². The molecule has 3 N–H and O–H groups in total. The maximum Gasteiger partial charge on any atom is 0.250 e. The maximum absolute atomic E-state index is 12.5. The van der Waals surface area contributed by atoms with Gasteiger partial charge in [0.05, 0.1) is 4.90 Å². The molecule has 6 nitrogen and oxygen atoms in total. The molecule has 0 spiro atoms. The molecule has 0 aliphatic carbocycles. The molecule has 0 saturated carbocycles. The normalized spacial score (nSPS) is 11.3. The van der Waals surface area contributed by atoms with Gasteiger partial charge in [0.1, 0.15) is 0 Å². The lowest BCUT2D eigenvalue weighted by molar-refractivity contribution is -0.115. The van der Waals surface area contributed by atoms with Crippen molar-refractivity contribution in [1.29, 1.82) is 0 Å². The average molecular weight is 500 g/mol. The smallest absolute Gasteiger partial charge is 0.250 e. The number of carbonyl (C=O) groups is 1. The summed E-state index contributed by atoms with van der Waals surface area (Å²) in [7, 11) is -3.63. The van der Waals surface area contributed by atoms with Crippen LogP contribution >= 0.6 is 23.8 Å². The van der Waals surface area contributed by atoms with Crippen molar-refractivity contribution >= 4 is 56.6 Å². The van der Waals surface area contributed by atoms with Crippen molar-refractivity contribution < 1.29 is 13.2 Å². The second-order valence-electron chi connectivity index (χ2n) is 6.96. The molecular weight excluding hydrogens is 478 g/mol. The third-order valence-electron chi connectivity index (χ3n) is 4.53. The van der Waals surface area contributed by atoms with Gasteiger partial charge in [0.25, 0.3) is 0 Å². The minimum absolute atomic E-state index is 0.0837. The van der Waals surface area contributed by atoms with Crippen LogP contribution in [0.15, 0.2) is 89.8 Å². The van der Waals surface area contributed by atoms with Crippen LogP contribution in [0.1, 0.15) is 11.1 Å². The number of carbonyl (C=O) groups excluding carboxylic acids is 1. The molecule has 0 aliphatic heterocycles. The first-order valence-corrected chi connectivity index (χ1v) is 12.3. The fourth-order valence-electron chi connectivity index (χ4n) is 2.87. The Morgan fingerprint density at radius 1 is 0.939 bits per heavy atom. The molecule has 9 heteroatoms. The second-order valence-corrected chi connectivity index (χ2v) is 9.54. The van der Waals surface area contributed by atoms with Crippen molar-refractivity contribution in [1.82, 2.24) is 10.0 Å². The number of anilines is 1. The highest BCUT2D eigenvalue weighted by atomic mass is 35.5. The van der Waals surface area contributed by atoms with Gasteiger partial charge in [0.2, 0.25) is 15.9 Å². The number of thiocarbonyl (C=S) groups is 1. The first kappa shape index (κ1) is 24.6. The van der Waals surface area contributed by atoms with E-state index in [1.54, 1.807) is 36.4 Å². The summed E-state index contributed by atoms with van der Waals surface area (Å²) in [6, 6.07) is 22.9. The Balaban J connectivity index is 1.50. The van der Waals surface area contributed by atoms with Gasteiger partial charge in [0, 0.05) is 23.3 Å². The Labute approximate surface area is 203 Å². The van der Waals surface area contributed by atoms with Gasteiger partial charge in [-0.1, -0.05) is 60.1 Å². The average Bonchev–Trinajstić information content (AvgIpc) is 2.79. The molecule has 0 aromatic heterocycles. The molecule has 3 aromatic carbocycles. The molecule has 0 heterocycles. The van der Waals surface area contributed by atoms with Crippen LogP contribution in [-0.4, -0.2) is 26.0 Å². The quantitative estimate of drug-likeness (QED) is 0.316. The van der Waals surface area contributed by atoms with E-state index >= 15 is 0 Å². The fraction of sp³-hybridized carbons (Fsp3) is 0.0833. The summed E-state index contributed by atoms with van der Waals surface area (Å²) in [5, 5.41) is 6.00. The van der Waals surface area contributed by atoms with Crippen LogP contribution in [-0.2, 0) is 21.2 Å². The van der Waals surface area contributed by atoms with E-state index in [1.807, 2.05) is 36.4 Å². The lowest BCUT2D eigenvalue weighted by Gasteiger charge is -2.10. The van der Waals surface area contributed by atoms with Gasteiger partial charge >= 0.3 is 0 Å². The van der Waals surface area contributed by atoms with Crippen LogP contribution in [0.2, 0.25) is 5.02 Å². The van der Waals surface area contributed by atoms with E-state index in [1.165, 1.54) is 18.2 Å². The molecule has 0 unspecified atom stereocenters. The third kappa shape index (κ3) is 7.80. The summed E-state index contributed by atoms with van der Waals surface area (Å²) in [5.41, 5.74) is 2.30. The standard InChI is InChI=1S/C24H22ClN3O3S2/c25-22-9-5-4-8-19(22)10-15-23(29)28-24(32)27-20-11-13-21(14-12-20)33(30,31)26-17-16-18-6-2-1-3-7-18/h1-15,26H,16-17H2,(H2,27,28,29,32). The number of hydrogen-bond donors (Lipinski definition) is 3. The summed E-state index contributed by atoms with van der Waals surface area (Å²) in [5.74, 6) is -0.422. The van der Waals surface area contributed by atoms with Crippen LogP contribution in [0.25, 0.3) is 6.08 Å². The van der Waals surface area contributed by atoms with Gasteiger partial charge in [0.15, 0.2) is 5.11 Å². The molecule has 33 heavy (non-hydrogen) atoms. The van der Waals surface area contributed by atoms with Crippen molar-refractivity contribution in [3.63, 3.8) is 0 Å². The van der Waals surface area contributed by atoms with Gasteiger partial charge in [-0.25, -0.2) is 13.1 Å². The molecule has 0 fully saturated rings. The van der Waals surface area contributed by atoms with Crippen LogP contribution in [0.5, 0.6) is 0 Å². The SMILES string of the molecule is O=C(C=Cc1ccccc1Cl)NC(=S)Nc1ccc(S(=O)(=O)NCCc2ccccc2)cc1. The van der Waals surface area contributed by atoms with Crippen molar-refractivity contribution in [2.45, 2.75) is 11.3 Å². The zero-order valence-electron chi connectivity index (χ0n) is 17.5. The largest absolute Gasteiger partial charge is 0.332 e. The second kappa shape index (κ2) is 11.7. The molecule has 170 valence electrons. The molecule has 0 saturated heterocycles. The molecule has 0 atom stereocenters. The Hall–Kier alpha value is -3.04. The third-order valence-corrected chi connectivity index (χ3v) is 6.55. The van der Waals surface area contributed by atoms with E-state index in [0.29, 0.717) is 29.2 Å². The number of hydrogen-bond acceptors (Lipinski definition) is 4. The van der Waals surface area contributed by atoms with E-state index in [9.17, 15) is 13.2 Å². The zero-order chi connectivity index (χ0) is 23.7. The summed E-state index contributed by atoms with van der Waals surface area (Å²) in [6.07, 6.45) is 3.51. The Morgan fingerprint density at radius 2 is 1.61 bits per heavy atom. The highest BCUT2D eigenvalue weighted by Crippen LogP contribution is 2.16. The van der Waals surface area contributed by atoms with Crippen LogP contribution < -0.4 is 15.4 Å². The van der Waals surface area contributed by atoms with E-state index < -0.39 is 15.9 Å². The van der Waals surface area contributed by atoms with E-state index in [0.717, 1.165) is 5.56 Å². The molecular formula is C24H22ClN3O3S2. The number of sulfonamides is 1. The summed E-state index contributed by atoms with van der Waals surface area (Å²) in [4.78, 5) is 12.2. The van der Waals surface area contributed by atoms with Gasteiger partial charge in [-0.2, -0.15) is 0 Å². The van der Waals surface area contributed by atoms with E-state index in [4.69, 9.17) is 23.8 Å². The molecule has 1 amide bonds. The highest BCUT2D eigenvalue weighted by molar-refractivity contribution is 7.89. The van der Waals surface area contributed by atoms with Crippen molar-refractivity contribution in [3.8, 4) is 0 Å². The Kier molecular flexibility index (Phi) is 8.73. The van der Waals surface area contributed by atoms with Gasteiger partial charge < -0.3 is 5.32 Å². The number of amides is 1. The topological polar surface area (TPSA) is 87.3 Å². The summed E-state index contributed by atoms with van der Waals surface area (Å²) >= 11 is 11.2. The monoisotopic (exact) mass is 499 g/mol. The first-order valence-electron chi connectivity index (χ1n) is 10.0. The number of benzene rings is 3. The first-order chi connectivity index (χ1) is 15.8.